The molecule has 8 nitrogen and oxygen atoms in total. The molecule has 10 heteroatoms. The third-order valence-electron chi connectivity index (χ3n) is 2.12. The topological polar surface area (TPSA) is 162 Å². The van der Waals surface area contributed by atoms with E-state index < -0.39 is 35.2 Å². The Morgan fingerprint density at radius 2 is 1.09 bits per heavy atom. The van der Waals surface area contributed by atoms with Gasteiger partial charge >= 0.3 is 0 Å². The first-order valence-corrected chi connectivity index (χ1v) is 7.44. The van der Waals surface area contributed by atoms with Crippen molar-refractivity contribution in [3.8, 4) is 0 Å². The standard InChI is InChI=1S/C10H16N2O4S2.C2H6.CH4.2H3N/c1-5(13)9(15)7(3-17)11-12-8(4-18)10(16)6(2)14;1-2;;;/h7-8,11-12,17-18H,3-4H2,1-2H3;1-2H3;1H4;2*1H3/t7-,8-;;;;/m0..../s1/i/hT2. The average molecular weight is 377 g/mol. The second-order valence-electron chi connectivity index (χ2n) is 3.60. The number of hydrogen-bond donors (Lipinski definition) is 6. The number of rotatable bonds is 9. The molecule has 0 saturated heterocycles. The van der Waals surface area contributed by atoms with Crippen molar-refractivity contribution in [1.82, 2.24) is 23.1 Å². The third kappa shape index (κ3) is 13.4. The Kier molecular flexibility index (Phi) is 22.7. The molecule has 140 valence electrons. The molecule has 0 aromatic carbocycles. The van der Waals surface area contributed by atoms with Crippen LogP contribution in [0.3, 0.4) is 0 Å². The zero-order chi connectivity index (χ0) is 20.3. The predicted octanol–water partition coefficient (Wildman–Crippen LogP) is 0.980. The number of ketones is 4. The van der Waals surface area contributed by atoms with E-state index in [1.165, 1.54) is 0 Å². The van der Waals surface area contributed by atoms with Crippen molar-refractivity contribution >= 4 is 48.4 Å². The molecule has 0 unspecified atom stereocenters. The van der Waals surface area contributed by atoms with Gasteiger partial charge in [0.1, 0.15) is 2.82 Å². The minimum atomic E-state index is -0.854. The fourth-order valence-corrected chi connectivity index (χ4v) is 1.59. The second-order valence-corrected chi connectivity index (χ2v) is 4.33. The first kappa shape index (κ1) is 27.1. The van der Waals surface area contributed by atoms with Crippen LogP contribution in [-0.4, -0.2) is 46.7 Å². The molecule has 0 aromatic rings. The second kappa shape index (κ2) is 19.3. The summed E-state index contributed by atoms with van der Waals surface area (Å²) in [4.78, 5) is 44.6. The van der Waals surface area contributed by atoms with Gasteiger partial charge in [-0.05, 0) is 0 Å². The zero-order valence-corrected chi connectivity index (χ0v) is 15.0. The number of hydrazine groups is 1. The van der Waals surface area contributed by atoms with Crippen LogP contribution in [0.4, 0.5) is 0 Å². The molecule has 0 saturated carbocycles. The van der Waals surface area contributed by atoms with E-state index in [1.807, 2.05) is 13.8 Å². The lowest BCUT2D eigenvalue weighted by Crippen LogP contribution is -2.55. The maximum atomic E-state index is 11.4. The minimum absolute atomic E-state index is 0. The summed E-state index contributed by atoms with van der Waals surface area (Å²) in [5.74, 6) is -2.35. The van der Waals surface area contributed by atoms with E-state index in [0.29, 0.717) is 0 Å². The number of nitrogens with one attached hydrogen (secondary N) is 2. The molecule has 0 amide bonds. The van der Waals surface area contributed by atoms with Gasteiger partial charge in [0.2, 0.25) is 11.6 Å². The number of thiol groups is 2. The van der Waals surface area contributed by atoms with Crippen molar-refractivity contribution in [3.63, 3.8) is 0 Å². The molecule has 0 radical (unpaired) electrons. The van der Waals surface area contributed by atoms with Crippen molar-refractivity contribution < 1.29 is 22.0 Å². The Balaban J connectivity index is -0.000000171. The van der Waals surface area contributed by atoms with Gasteiger partial charge in [-0.3, -0.25) is 19.2 Å². The van der Waals surface area contributed by atoms with Gasteiger partial charge in [0.25, 0.3) is 0 Å². The minimum Gasteiger partial charge on any atom is -0.344 e. The molecule has 0 aliphatic rings. The van der Waals surface area contributed by atoms with Gasteiger partial charge in [-0.15, -0.1) is 0 Å². The Bertz CT molecular complexity index is 344. The van der Waals surface area contributed by atoms with E-state index in [2.05, 4.69) is 48.4 Å². The van der Waals surface area contributed by atoms with Crippen molar-refractivity contribution in [3.05, 3.63) is 0 Å². The number of hydrogen-bond acceptors (Lipinski definition) is 10. The van der Waals surface area contributed by atoms with Crippen LogP contribution in [0.5, 0.6) is 0 Å². The molecule has 0 aromatic heterocycles. The Labute approximate surface area is 152 Å². The summed E-state index contributed by atoms with van der Waals surface area (Å²) in [6.45, 7) is 6.30. The summed E-state index contributed by atoms with van der Waals surface area (Å²) in [6, 6.07) is -1.71. The lowest BCUT2D eigenvalue weighted by Gasteiger charge is -2.19. The maximum Gasteiger partial charge on any atom is 0.217 e. The van der Waals surface area contributed by atoms with Gasteiger partial charge in [0.05, 0.1) is 12.1 Å². The van der Waals surface area contributed by atoms with Crippen molar-refractivity contribution in [2.24, 2.45) is 0 Å². The third-order valence-corrected chi connectivity index (χ3v) is 2.85. The van der Waals surface area contributed by atoms with Gasteiger partial charge in [-0.2, -0.15) is 25.3 Å². The highest BCUT2D eigenvalue weighted by molar-refractivity contribution is 7.80. The van der Waals surface area contributed by atoms with E-state index in [-0.39, 0.29) is 18.9 Å². The molecule has 0 bridgehead atoms. The van der Waals surface area contributed by atoms with Crippen molar-refractivity contribution in [2.75, 3.05) is 11.5 Å². The van der Waals surface area contributed by atoms with Crippen LogP contribution >= 0.6 is 25.3 Å². The van der Waals surface area contributed by atoms with E-state index in [4.69, 9.17) is 2.82 Å². The summed E-state index contributed by atoms with van der Waals surface area (Å²) >= 11 is 7.85. The zero-order valence-electron chi connectivity index (χ0n) is 15.3. The molecule has 0 fully saturated rings. The number of Topliss-reactive ketones (excluding diaryl/α,β-unsaturated/α-hetero) is 4. The van der Waals surface area contributed by atoms with Gasteiger partial charge in [-0.1, -0.05) is 21.3 Å². The lowest BCUT2D eigenvalue weighted by atomic mass is 10.1. The molecule has 23 heavy (non-hydrogen) atoms. The van der Waals surface area contributed by atoms with Crippen LogP contribution in [0.2, 0.25) is 2.82 Å². The van der Waals surface area contributed by atoms with E-state index >= 15 is 0 Å². The van der Waals surface area contributed by atoms with Crippen molar-refractivity contribution in [1.29, 1.82) is 0 Å². The Morgan fingerprint density at radius 1 is 0.870 bits per heavy atom. The van der Waals surface area contributed by atoms with Gasteiger partial charge in [-0.25, -0.2) is 10.9 Å². The van der Waals surface area contributed by atoms with Crippen LogP contribution in [0.15, 0.2) is 0 Å². The summed E-state index contributed by atoms with van der Waals surface area (Å²) in [5.41, 5.74) is 5.04. The molecule has 0 heterocycles. The van der Waals surface area contributed by atoms with E-state index in [0.717, 1.165) is 13.8 Å². The fraction of sp³-hybridized carbons (Fsp3) is 0.692. The van der Waals surface area contributed by atoms with Gasteiger partial charge < -0.3 is 12.3 Å². The molecule has 8 N–H and O–H groups in total. The first-order chi connectivity index (χ1) is 11.3. The first-order valence-electron chi connectivity index (χ1n) is 7.32. The molecule has 2 atom stereocenters. The number of carbonyl (C=O) groups excluding carboxylic acids is 4. The summed E-state index contributed by atoms with van der Waals surface area (Å²) in [6.07, 6.45) is 7.50. The summed E-state index contributed by atoms with van der Waals surface area (Å²) < 4.78 is 10.5. The van der Waals surface area contributed by atoms with Crippen LogP contribution in [0.25, 0.3) is 0 Å². The molecule has 0 spiro atoms. The summed E-state index contributed by atoms with van der Waals surface area (Å²) in [5, 5.41) is 0. The average Bonchev–Trinajstić information content (AvgIpc) is 2.62. The van der Waals surface area contributed by atoms with Crippen LogP contribution < -0.4 is 23.1 Å². The normalized spacial score (nSPS) is 11.7. The molecular weight excluding hydrogens is 340 g/mol. The fourth-order valence-electron chi connectivity index (χ4n) is 1.08. The summed E-state index contributed by atoms with van der Waals surface area (Å²) in [7, 11) is 0. The van der Waals surface area contributed by atoms with E-state index in [1.54, 1.807) is 0 Å². The quantitative estimate of drug-likeness (QED) is 0.197. The highest BCUT2D eigenvalue weighted by Gasteiger charge is 2.25. The van der Waals surface area contributed by atoms with Crippen LogP contribution in [0.1, 0.15) is 35.1 Å². The molecule has 0 rings (SSSR count). The maximum absolute atomic E-state index is 11.4. The van der Waals surface area contributed by atoms with Gasteiger partial charge in [0.15, 0.2) is 11.6 Å². The Hall–Kier alpha value is -0.780. The lowest BCUT2D eigenvalue weighted by molar-refractivity contribution is -0.137. The highest BCUT2D eigenvalue weighted by Crippen LogP contribution is 1.94. The van der Waals surface area contributed by atoms with Crippen LogP contribution in [0, 0.1) is 0 Å². The molecular formula is C13H32N4O4S2. The predicted molar refractivity (Wildman–Crippen MR) is 101 cm³/mol. The molecule has 0 aliphatic heterocycles. The van der Waals surface area contributed by atoms with Crippen LogP contribution in [-0.2, 0) is 19.2 Å². The van der Waals surface area contributed by atoms with Gasteiger partial charge in [0, 0.05) is 25.4 Å². The SMILES string of the molecule is C.CC.CC(=O)C(=O)[C@H](CS)NN[C@@H](CS)C(=O)C(C)=O.[3H]N.[3H]N. The molecule has 0 aliphatic carbocycles. The smallest absolute Gasteiger partial charge is 0.217 e. The van der Waals surface area contributed by atoms with Crippen molar-refractivity contribution in [2.45, 2.75) is 47.2 Å². The highest BCUT2D eigenvalue weighted by atomic mass is 32.1. The Morgan fingerprint density at radius 3 is 1.22 bits per heavy atom. The number of carbonyl (C=O) groups is 4. The monoisotopic (exact) mass is 376 g/mol. The largest absolute Gasteiger partial charge is 0.344 e. The van der Waals surface area contributed by atoms with E-state index in [9.17, 15) is 19.2 Å².